The van der Waals surface area contributed by atoms with Gasteiger partial charge in [0.1, 0.15) is 11.4 Å². The smallest absolute Gasteiger partial charge is 0.270 e. The van der Waals surface area contributed by atoms with Crippen LogP contribution in [0, 0.1) is 0 Å². The van der Waals surface area contributed by atoms with Crippen LogP contribution in [0.15, 0.2) is 42.6 Å². The van der Waals surface area contributed by atoms with Gasteiger partial charge in [0.2, 0.25) is 0 Å². The molecule has 1 unspecified atom stereocenters. The summed E-state index contributed by atoms with van der Waals surface area (Å²) in [4.78, 5) is 19.8. The maximum atomic E-state index is 12.2. The molecule has 0 aliphatic heterocycles. The standard InChI is InChI=1S/C18H17N3O2/c1-23-12-5-6-15-14(10-12)13-8-11(9-17(13)21-15)20-18(22)16-4-2-3-7-19-16/h2-7,10-11,21H,8-9H2,1H3,(H,20,22). The van der Waals surface area contributed by atoms with Crippen molar-refractivity contribution in [3.63, 3.8) is 0 Å². The number of rotatable bonds is 3. The number of hydrogen-bond donors (Lipinski definition) is 2. The van der Waals surface area contributed by atoms with Gasteiger partial charge in [-0.25, -0.2) is 0 Å². The van der Waals surface area contributed by atoms with Gasteiger partial charge in [-0.2, -0.15) is 0 Å². The molecule has 0 saturated carbocycles. The highest BCUT2D eigenvalue weighted by Gasteiger charge is 2.27. The number of pyridine rings is 1. The molecule has 0 bridgehead atoms. The van der Waals surface area contributed by atoms with Gasteiger partial charge in [0.15, 0.2) is 0 Å². The van der Waals surface area contributed by atoms with Crippen LogP contribution in [0.4, 0.5) is 0 Å². The number of H-pyrrole nitrogens is 1. The number of amides is 1. The summed E-state index contributed by atoms with van der Waals surface area (Å²) in [5.74, 6) is 0.725. The Bertz CT molecular complexity index is 871. The molecule has 1 aromatic carbocycles. The second-order valence-electron chi connectivity index (χ2n) is 5.79. The van der Waals surface area contributed by atoms with Gasteiger partial charge < -0.3 is 15.0 Å². The average molecular weight is 307 g/mol. The second-order valence-corrected chi connectivity index (χ2v) is 5.79. The lowest BCUT2D eigenvalue weighted by molar-refractivity contribution is 0.0933. The number of fused-ring (bicyclic) bond motifs is 3. The zero-order valence-electron chi connectivity index (χ0n) is 12.8. The van der Waals surface area contributed by atoms with Gasteiger partial charge >= 0.3 is 0 Å². The fourth-order valence-corrected chi connectivity index (χ4v) is 3.24. The van der Waals surface area contributed by atoms with Gasteiger partial charge in [0, 0.05) is 35.3 Å². The number of ether oxygens (including phenoxy) is 1. The molecule has 3 aromatic rings. The summed E-state index contributed by atoms with van der Waals surface area (Å²) in [6.07, 6.45) is 3.26. The Morgan fingerprint density at radius 1 is 1.30 bits per heavy atom. The maximum absolute atomic E-state index is 12.2. The predicted octanol–water partition coefficient (Wildman–Crippen LogP) is 2.47. The Hall–Kier alpha value is -2.82. The first-order valence-corrected chi connectivity index (χ1v) is 7.64. The highest BCUT2D eigenvalue weighted by atomic mass is 16.5. The molecule has 1 amide bonds. The number of methoxy groups -OCH3 is 1. The minimum atomic E-state index is -0.123. The quantitative estimate of drug-likeness (QED) is 0.781. The zero-order valence-corrected chi connectivity index (χ0v) is 12.8. The molecule has 23 heavy (non-hydrogen) atoms. The van der Waals surface area contributed by atoms with E-state index in [4.69, 9.17) is 4.74 Å². The lowest BCUT2D eigenvalue weighted by Gasteiger charge is -2.12. The normalized spacial score (nSPS) is 16.3. The number of aromatic nitrogens is 2. The SMILES string of the molecule is COc1ccc2[nH]c3c(c2c1)CC(NC(=O)c1ccccn1)C3. The fourth-order valence-electron chi connectivity index (χ4n) is 3.24. The summed E-state index contributed by atoms with van der Waals surface area (Å²) in [5.41, 5.74) is 4.03. The first-order chi connectivity index (χ1) is 11.2. The van der Waals surface area contributed by atoms with Crippen LogP contribution in [0.25, 0.3) is 10.9 Å². The second kappa shape index (κ2) is 5.43. The molecule has 5 nitrogen and oxygen atoms in total. The van der Waals surface area contributed by atoms with E-state index in [1.807, 2.05) is 24.3 Å². The van der Waals surface area contributed by atoms with E-state index in [9.17, 15) is 4.79 Å². The van der Waals surface area contributed by atoms with Gasteiger partial charge in [-0.3, -0.25) is 9.78 Å². The van der Waals surface area contributed by atoms with E-state index < -0.39 is 0 Å². The number of benzene rings is 1. The molecule has 0 fully saturated rings. The van der Waals surface area contributed by atoms with E-state index in [1.165, 1.54) is 16.6 Å². The molecular weight excluding hydrogens is 290 g/mol. The van der Waals surface area contributed by atoms with Crippen molar-refractivity contribution in [1.29, 1.82) is 0 Å². The van der Waals surface area contributed by atoms with Crippen molar-refractivity contribution in [3.05, 3.63) is 59.5 Å². The largest absolute Gasteiger partial charge is 0.497 e. The third-order valence-electron chi connectivity index (χ3n) is 4.34. The number of carbonyl (C=O) groups is 1. The maximum Gasteiger partial charge on any atom is 0.270 e. The molecule has 0 saturated heterocycles. The molecule has 5 heteroatoms. The van der Waals surface area contributed by atoms with Crippen molar-refractivity contribution in [2.24, 2.45) is 0 Å². The Kier molecular flexibility index (Phi) is 3.26. The van der Waals surface area contributed by atoms with E-state index in [1.54, 1.807) is 25.4 Å². The van der Waals surface area contributed by atoms with Crippen LogP contribution in [0.2, 0.25) is 0 Å². The summed E-state index contributed by atoms with van der Waals surface area (Å²) in [6, 6.07) is 11.5. The number of carbonyl (C=O) groups excluding carboxylic acids is 1. The summed E-state index contributed by atoms with van der Waals surface area (Å²) in [6.45, 7) is 0. The van der Waals surface area contributed by atoms with Crippen molar-refractivity contribution in [1.82, 2.24) is 15.3 Å². The van der Waals surface area contributed by atoms with Crippen LogP contribution in [-0.2, 0) is 12.8 Å². The van der Waals surface area contributed by atoms with Crippen molar-refractivity contribution < 1.29 is 9.53 Å². The first kappa shape index (κ1) is 13.8. The summed E-state index contributed by atoms with van der Waals surface area (Å²) < 4.78 is 5.31. The van der Waals surface area contributed by atoms with Crippen molar-refractivity contribution in [3.8, 4) is 5.75 Å². The third kappa shape index (κ3) is 2.44. The van der Waals surface area contributed by atoms with Gasteiger partial charge in [-0.1, -0.05) is 6.07 Å². The number of nitrogens with zero attached hydrogens (tertiary/aromatic N) is 1. The van der Waals surface area contributed by atoms with Crippen LogP contribution in [0.5, 0.6) is 5.75 Å². The molecule has 0 radical (unpaired) electrons. The molecule has 1 aliphatic rings. The van der Waals surface area contributed by atoms with Gasteiger partial charge in [0.25, 0.3) is 5.91 Å². The van der Waals surface area contributed by atoms with Crippen LogP contribution >= 0.6 is 0 Å². The summed E-state index contributed by atoms with van der Waals surface area (Å²) in [7, 11) is 1.67. The lowest BCUT2D eigenvalue weighted by atomic mass is 10.1. The molecule has 1 aliphatic carbocycles. The van der Waals surface area contributed by atoms with Crippen LogP contribution in [0.1, 0.15) is 21.7 Å². The molecule has 2 N–H and O–H groups in total. The number of aromatic amines is 1. The molecule has 2 heterocycles. The Morgan fingerprint density at radius 2 is 2.22 bits per heavy atom. The van der Waals surface area contributed by atoms with Crippen LogP contribution < -0.4 is 10.1 Å². The van der Waals surface area contributed by atoms with Gasteiger partial charge in [0.05, 0.1) is 7.11 Å². The Morgan fingerprint density at radius 3 is 3.00 bits per heavy atom. The lowest BCUT2D eigenvalue weighted by Crippen LogP contribution is -2.35. The topological polar surface area (TPSA) is 67.0 Å². The summed E-state index contributed by atoms with van der Waals surface area (Å²) in [5, 5.41) is 4.24. The molecule has 4 rings (SSSR count). The van der Waals surface area contributed by atoms with Gasteiger partial charge in [-0.15, -0.1) is 0 Å². The van der Waals surface area contributed by atoms with E-state index in [0.717, 1.165) is 24.1 Å². The molecule has 1 atom stereocenters. The van der Waals surface area contributed by atoms with E-state index in [0.29, 0.717) is 5.69 Å². The van der Waals surface area contributed by atoms with Gasteiger partial charge in [-0.05, 0) is 42.3 Å². The van der Waals surface area contributed by atoms with E-state index in [2.05, 4.69) is 15.3 Å². The molecule has 2 aromatic heterocycles. The third-order valence-corrected chi connectivity index (χ3v) is 4.34. The number of hydrogen-bond acceptors (Lipinski definition) is 3. The highest BCUT2D eigenvalue weighted by molar-refractivity contribution is 5.93. The minimum Gasteiger partial charge on any atom is -0.497 e. The Balaban J connectivity index is 1.55. The van der Waals surface area contributed by atoms with Crippen LogP contribution in [-0.4, -0.2) is 29.0 Å². The molecular formula is C18H17N3O2. The number of nitrogens with one attached hydrogen (secondary N) is 2. The van der Waals surface area contributed by atoms with Crippen molar-refractivity contribution >= 4 is 16.8 Å². The predicted molar refractivity (Wildman–Crippen MR) is 87.7 cm³/mol. The van der Waals surface area contributed by atoms with Crippen LogP contribution in [0.3, 0.4) is 0 Å². The minimum absolute atomic E-state index is 0.0985. The monoisotopic (exact) mass is 307 g/mol. The highest BCUT2D eigenvalue weighted by Crippen LogP contribution is 2.32. The summed E-state index contributed by atoms with van der Waals surface area (Å²) >= 11 is 0. The fraction of sp³-hybridized carbons (Fsp3) is 0.222. The molecule has 116 valence electrons. The van der Waals surface area contributed by atoms with E-state index >= 15 is 0 Å². The van der Waals surface area contributed by atoms with Crippen molar-refractivity contribution in [2.45, 2.75) is 18.9 Å². The zero-order chi connectivity index (χ0) is 15.8. The first-order valence-electron chi connectivity index (χ1n) is 7.64. The average Bonchev–Trinajstić information content (AvgIpc) is 3.12. The Labute approximate surface area is 133 Å². The van der Waals surface area contributed by atoms with E-state index in [-0.39, 0.29) is 11.9 Å². The van der Waals surface area contributed by atoms with Crippen molar-refractivity contribution in [2.75, 3.05) is 7.11 Å². The molecule has 0 spiro atoms.